The molecule has 2 nitrogen and oxygen atoms in total. The summed E-state index contributed by atoms with van der Waals surface area (Å²) in [5, 5.41) is 11.2. The second kappa shape index (κ2) is 5.82. The largest absolute Gasteiger partial charge is 0.478 e. The fourth-order valence-corrected chi connectivity index (χ4v) is 4.43. The van der Waals surface area contributed by atoms with Crippen LogP contribution >= 0.6 is 0 Å². The lowest BCUT2D eigenvalue weighted by atomic mass is 10.3. The van der Waals surface area contributed by atoms with Crippen molar-refractivity contribution in [2.24, 2.45) is 0 Å². The Morgan fingerprint density at radius 3 is 2.35 bits per heavy atom. The normalized spacial score (nSPS) is 12.5. The molecule has 0 fully saturated rings. The van der Waals surface area contributed by atoms with Gasteiger partial charge in [-0.25, -0.2) is 4.79 Å². The van der Waals surface area contributed by atoms with Crippen molar-refractivity contribution in [3.05, 3.63) is 41.6 Å². The number of hydrogen-bond acceptors (Lipinski definition) is 1. The van der Waals surface area contributed by atoms with Gasteiger partial charge in [0, 0.05) is 5.20 Å². The van der Waals surface area contributed by atoms with Crippen LogP contribution in [0.1, 0.15) is 19.8 Å². The number of rotatable bonds is 5. The smallest absolute Gasteiger partial charge is 0.327 e. The summed E-state index contributed by atoms with van der Waals surface area (Å²) in [6.45, 7) is 6.25. The molecule has 92 valence electrons. The third-order valence-corrected chi connectivity index (χ3v) is 6.58. The van der Waals surface area contributed by atoms with Crippen LogP contribution in [0, 0.1) is 0 Å². The average Bonchev–Trinajstić information content (AvgIpc) is 2.30. The van der Waals surface area contributed by atoms with Gasteiger partial charge in [0.1, 0.15) is 8.07 Å². The lowest BCUT2D eigenvalue weighted by Gasteiger charge is -2.24. The van der Waals surface area contributed by atoms with Crippen LogP contribution in [-0.4, -0.2) is 19.1 Å². The zero-order chi connectivity index (χ0) is 12.9. The average molecular weight is 248 g/mol. The van der Waals surface area contributed by atoms with Gasteiger partial charge < -0.3 is 5.11 Å². The van der Waals surface area contributed by atoms with Gasteiger partial charge in [0.05, 0.1) is 0 Å². The fourth-order valence-electron chi connectivity index (χ4n) is 1.91. The Morgan fingerprint density at radius 1 is 1.29 bits per heavy atom. The summed E-state index contributed by atoms with van der Waals surface area (Å²) in [6.07, 6.45) is 3.72. The van der Waals surface area contributed by atoms with Crippen LogP contribution in [0.15, 0.2) is 41.6 Å². The molecule has 1 N–H and O–H groups in total. The molecule has 1 aromatic rings. The highest BCUT2D eigenvalue weighted by molar-refractivity contribution is 6.98. The number of carboxylic acid groups (broad SMARTS) is 1. The second-order valence-electron chi connectivity index (χ2n) is 4.70. The quantitative estimate of drug-likeness (QED) is 0.642. The monoisotopic (exact) mass is 248 g/mol. The summed E-state index contributed by atoms with van der Waals surface area (Å²) in [5.74, 6) is -0.765. The summed E-state index contributed by atoms with van der Waals surface area (Å²) in [4.78, 5) is 11.4. The van der Waals surface area contributed by atoms with Crippen LogP contribution in [0.3, 0.4) is 0 Å². The van der Waals surface area contributed by atoms with Crippen LogP contribution in [0.25, 0.3) is 0 Å². The van der Waals surface area contributed by atoms with E-state index < -0.39 is 14.0 Å². The molecule has 0 saturated heterocycles. The Labute approximate surface area is 104 Å². The molecule has 0 heterocycles. The summed E-state index contributed by atoms with van der Waals surface area (Å²) in [7, 11) is -2.05. The van der Waals surface area contributed by atoms with Gasteiger partial charge in [-0.3, -0.25) is 0 Å². The van der Waals surface area contributed by atoms with Crippen molar-refractivity contribution in [1.29, 1.82) is 0 Å². The highest BCUT2D eigenvalue weighted by atomic mass is 28.3. The molecular formula is C14H20O2Si. The van der Waals surface area contributed by atoms with Crippen molar-refractivity contribution < 1.29 is 9.90 Å². The van der Waals surface area contributed by atoms with Crippen LogP contribution in [0.5, 0.6) is 0 Å². The van der Waals surface area contributed by atoms with E-state index in [9.17, 15) is 9.90 Å². The Bertz CT molecular complexity index is 407. The van der Waals surface area contributed by atoms with E-state index in [0.717, 1.165) is 12.8 Å². The van der Waals surface area contributed by atoms with Crippen molar-refractivity contribution in [2.45, 2.75) is 32.9 Å². The maximum Gasteiger partial charge on any atom is 0.327 e. The summed E-state index contributed by atoms with van der Waals surface area (Å²) in [5.41, 5.74) is 0. The maximum atomic E-state index is 11.4. The molecule has 17 heavy (non-hydrogen) atoms. The molecular weight excluding hydrogens is 228 g/mol. The van der Waals surface area contributed by atoms with E-state index in [2.05, 4.69) is 20.0 Å². The molecule has 3 heteroatoms. The predicted molar refractivity (Wildman–Crippen MR) is 74.2 cm³/mol. The van der Waals surface area contributed by atoms with Gasteiger partial charge in [0.15, 0.2) is 0 Å². The Hall–Kier alpha value is -1.35. The molecule has 0 spiro atoms. The predicted octanol–water partition coefficient (Wildman–Crippen LogP) is 2.95. The van der Waals surface area contributed by atoms with Crippen molar-refractivity contribution in [2.75, 3.05) is 0 Å². The van der Waals surface area contributed by atoms with Crippen molar-refractivity contribution >= 4 is 19.2 Å². The number of allylic oxidation sites excluding steroid dienone is 1. The molecule has 0 aromatic heterocycles. The Kier molecular flexibility index (Phi) is 4.69. The topological polar surface area (TPSA) is 37.3 Å². The minimum Gasteiger partial charge on any atom is -0.478 e. The van der Waals surface area contributed by atoms with Crippen molar-refractivity contribution in [1.82, 2.24) is 0 Å². The minimum atomic E-state index is -2.05. The highest BCUT2D eigenvalue weighted by Gasteiger charge is 2.32. The highest BCUT2D eigenvalue weighted by Crippen LogP contribution is 2.16. The molecule has 0 saturated carbocycles. The molecule has 1 rings (SSSR count). The Balaban J connectivity index is 3.13. The molecule has 0 atom stereocenters. The molecule has 0 amide bonds. The molecule has 0 unspecified atom stereocenters. The maximum absolute atomic E-state index is 11.4. The van der Waals surface area contributed by atoms with E-state index in [1.807, 2.05) is 36.4 Å². The minimum absolute atomic E-state index is 0.616. The number of aliphatic carboxylic acids is 1. The van der Waals surface area contributed by atoms with Gasteiger partial charge in [-0.2, -0.15) is 0 Å². The lowest BCUT2D eigenvalue weighted by molar-refractivity contribution is -0.132. The van der Waals surface area contributed by atoms with Gasteiger partial charge in [-0.15, -0.1) is 0 Å². The first-order chi connectivity index (χ1) is 8.00. The van der Waals surface area contributed by atoms with E-state index in [1.165, 1.54) is 5.19 Å². The standard InChI is InChI=1S/C14H20O2Si/c1-4-5-11-13(14(15)16)17(2,3)12-9-7-6-8-10-12/h6-11H,4-5H2,1-3H3,(H,15,16)/b13-11-. The van der Waals surface area contributed by atoms with E-state index in [0.29, 0.717) is 5.20 Å². The summed E-state index contributed by atoms with van der Waals surface area (Å²) < 4.78 is 0. The zero-order valence-electron chi connectivity index (χ0n) is 10.7. The van der Waals surface area contributed by atoms with Gasteiger partial charge in [-0.1, -0.05) is 68.0 Å². The fraction of sp³-hybridized carbons (Fsp3) is 0.357. The number of carboxylic acids is 1. The van der Waals surface area contributed by atoms with E-state index in [4.69, 9.17) is 0 Å². The first-order valence-electron chi connectivity index (χ1n) is 5.99. The molecule has 0 aliphatic carbocycles. The third-order valence-electron chi connectivity index (χ3n) is 3.04. The van der Waals surface area contributed by atoms with Gasteiger partial charge in [0.2, 0.25) is 0 Å². The number of carbonyl (C=O) groups is 1. The molecule has 0 aliphatic heterocycles. The van der Waals surface area contributed by atoms with Crippen LogP contribution in [0.2, 0.25) is 13.1 Å². The van der Waals surface area contributed by atoms with Crippen LogP contribution in [0.4, 0.5) is 0 Å². The molecule has 0 aliphatic rings. The summed E-state index contributed by atoms with van der Waals surface area (Å²) >= 11 is 0. The van der Waals surface area contributed by atoms with E-state index in [1.54, 1.807) is 0 Å². The number of benzene rings is 1. The van der Waals surface area contributed by atoms with Crippen LogP contribution < -0.4 is 5.19 Å². The second-order valence-corrected chi connectivity index (χ2v) is 9.07. The number of hydrogen-bond donors (Lipinski definition) is 1. The molecule has 0 radical (unpaired) electrons. The van der Waals surface area contributed by atoms with Gasteiger partial charge in [0.25, 0.3) is 0 Å². The van der Waals surface area contributed by atoms with Crippen molar-refractivity contribution in [3.63, 3.8) is 0 Å². The first-order valence-corrected chi connectivity index (χ1v) is 8.99. The van der Waals surface area contributed by atoms with Crippen molar-refractivity contribution in [3.8, 4) is 0 Å². The van der Waals surface area contributed by atoms with Gasteiger partial charge >= 0.3 is 5.97 Å². The summed E-state index contributed by atoms with van der Waals surface area (Å²) in [6, 6.07) is 9.99. The van der Waals surface area contributed by atoms with E-state index in [-0.39, 0.29) is 0 Å². The lowest BCUT2D eigenvalue weighted by Crippen LogP contribution is -2.46. The molecule has 1 aromatic carbocycles. The zero-order valence-corrected chi connectivity index (χ0v) is 11.7. The number of unbranched alkanes of at least 4 members (excludes halogenated alkanes) is 1. The van der Waals surface area contributed by atoms with E-state index >= 15 is 0 Å². The van der Waals surface area contributed by atoms with Gasteiger partial charge in [-0.05, 0) is 6.42 Å². The first kappa shape index (κ1) is 13.7. The SMILES string of the molecule is CCC/C=C(/C(=O)O)[Si](C)(C)c1ccccc1. The van der Waals surface area contributed by atoms with Crippen LogP contribution in [-0.2, 0) is 4.79 Å². The Morgan fingerprint density at radius 2 is 1.88 bits per heavy atom. The third kappa shape index (κ3) is 3.30. The molecule has 0 bridgehead atoms.